The van der Waals surface area contributed by atoms with Crippen molar-refractivity contribution in [1.82, 2.24) is 15.1 Å². The third-order valence-corrected chi connectivity index (χ3v) is 5.85. The fourth-order valence-electron chi connectivity index (χ4n) is 4.16. The number of carbonyl (C=O) groups is 1. The number of hydrogen-bond acceptors (Lipinski definition) is 4. The van der Waals surface area contributed by atoms with Crippen molar-refractivity contribution in [3.63, 3.8) is 0 Å². The molecule has 3 aromatic rings. The first kappa shape index (κ1) is 23.0. The Hall–Kier alpha value is -3.13. The Balaban J connectivity index is 1.51. The maximum atomic E-state index is 14.5. The number of benzene rings is 2. The number of carbonyl (C=O) groups excluding carboxylic acids is 1. The van der Waals surface area contributed by atoms with E-state index in [2.05, 4.69) is 24.0 Å². The molecule has 0 aliphatic carbocycles. The summed E-state index contributed by atoms with van der Waals surface area (Å²) in [6.45, 7) is 6.20. The lowest BCUT2D eigenvalue weighted by molar-refractivity contribution is -0.00231. The van der Waals surface area contributed by atoms with Crippen LogP contribution in [0.3, 0.4) is 0 Å². The first-order valence-electron chi connectivity index (χ1n) is 11.2. The first-order chi connectivity index (χ1) is 15.8. The minimum absolute atomic E-state index is 0.0735. The second-order valence-corrected chi connectivity index (χ2v) is 8.87. The minimum Gasteiger partial charge on any atom is -0.378 e. The van der Waals surface area contributed by atoms with Crippen molar-refractivity contribution in [3.8, 4) is 0 Å². The standard InChI is InChI=1S/C25H27F2N3O3/c1-15(2)14-33-18-8-10-30(11-9-18)25(32)17-5-3-4-16(12-17)13-21-22-19(26)6-7-20(27)23(22)24(31)29-28-21/h3-7,12,15,18H,8-11,13-14H2,1-2H3,(H,29,31). The monoisotopic (exact) mass is 455 g/mol. The van der Waals surface area contributed by atoms with E-state index in [0.29, 0.717) is 30.1 Å². The zero-order valence-corrected chi connectivity index (χ0v) is 18.7. The van der Waals surface area contributed by atoms with Crippen molar-refractivity contribution in [2.75, 3.05) is 19.7 Å². The summed E-state index contributed by atoms with van der Waals surface area (Å²) in [5.74, 6) is -1.11. The Morgan fingerprint density at radius 2 is 1.85 bits per heavy atom. The Morgan fingerprint density at radius 3 is 2.55 bits per heavy atom. The van der Waals surface area contributed by atoms with Crippen LogP contribution in [0.5, 0.6) is 0 Å². The Labute approximate surface area is 190 Å². The lowest BCUT2D eigenvalue weighted by Gasteiger charge is -2.32. The van der Waals surface area contributed by atoms with Gasteiger partial charge >= 0.3 is 0 Å². The molecule has 1 saturated heterocycles. The third-order valence-electron chi connectivity index (χ3n) is 5.85. The maximum Gasteiger partial charge on any atom is 0.275 e. The highest BCUT2D eigenvalue weighted by molar-refractivity contribution is 5.94. The topological polar surface area (TPSA) is 75.3 Å². The predicted octanol–water partition coefficient (Wildman–Crippen LogP) is 4.07. The van der Waals surface area contributed by atoms with Crippen LogP contribution in [0.2, 0.25) is 0 Å². The number of hydrogen-bond donors (Lipinski definition) is 1. The Bertz CT molecular complexity index is 1220. The van der Waals surface area contributed by atoms with Crippen molar-refractivity contribution in [2.45, 2.75) is 39.2 Å². The van der Waals surface area contributed by atoms with E-state index >= 15 is 0 Å². The SMILES string of the molecule is CC(C)COC1CCN(C(=O)c2cccc(Cc3n[nH]c(=O)c4c(F)ccc(F)c34)c2)CC1. The number of aromatic nitrogens is 2. The van der Waals surface area contributed by atoms with Crippen molar-refractivity contribution in [2.24, 2.45) is 5.92 Å². The fourth-order valence-corrected chi connectivity index (χ4v) is 4.16. The molecular formula is C25H27F2N3O3. The van der Waals surface area contributed by atoms with E-state index in [4.69, 9.17) is 4.74 Å². The molecule has 174 valence electrons. The van der Waals surface area contributed by atoms with Crippen molar-refractivity contribution in [1.29, 1.82) is 0 Å². The lowest BCUT2D eigenvalue weighted by atomic mass is 10.0. The zero-order valence-electron chi connectivity index (χ0n) is 18.7. The van der Waals surface area contributed by atoms with E-state index in [-0.39, 0.29) is 34.9 Å². The highest BCUT2D eigenvalue weighted by Gasteiger charge is 2.24. The molecule has 0 saturated carbocycles. The van der Waals surface area contributed by atoms with Crippen LogP contribution < -0.4 is 5.56 Å². The van der Waals surface area contributed by atoms with Crippen LogP contribution in [0.4, 0.5) is 8.78 Å². The second kappa shape index (κ2) is 9.79. The van der Waals surface area contributed by atoms with Crippen LogP contribution in [0, 0.1) is 17.6 Å². The Kier molecular flexibility index (Phi) is 6.83. The number of amides is 1. The lowest BCUT2D eigenvalue weighted by Crippen LogP contribution is -2.41. The van der Waals surface area contributed by atoms with Gasteiger partial charge in [-0.1, -0.05) is 26.0 Å². The van der Waals surface area contributed by atoms with Crippen LogP contribution in [0.25, 0.3) is 10.8 Å². The molecule has 1 amide bonds. The summed E-state index contributed by atoms with van der Waals surface area (Å²) in [5, 5.41) is 5.70. The highest BCUT2D eigenvalue weighted by Crippen LogP contribution is 2.23. The van der Waals surface area contributed by atoms with Gasteiger partial charge in [-0.15, -0.1) is 0 Å². The van der Waals surface area contributed by atoms with Crippen LogP contribution in [0.1, 0.15) is 48.3 Å². The van der Waals surface area contributed by atoms with Crippen LogP contribution in [-0.4, -0.2) is 46.8 Å². The van der Waals surface area contributed by atoms with Crippen molar-refractivity contribution in [3.05, 3.63) is 75.2 Å². The average molecular weight is 456 g/mol. The summed E-state index contributed by atoms with van der Waals surface area (Å²) < 4.78 is 34.5. The van der Waals surface area contributed by atoms with Gasteiger partial charge in [0.25, 0.3) is 11.5 Å². The molecule has 8 heteroatoms. The van der Waals surface area contributed by atoms with Gasteiger partial charge in [0.2, 0.25) is 0 Å². The summed E-state index contributed by atoms with van der Waals surface area (Å²) in [4.78, 5) is 26.9. The largest absolute Gasteiger partial charge is 0.378 e. The van der Waals surface area contributed by atoms with E-state index in [1.54, 1.807) is 24.3 Å². The number of piperidine rings is 1. The number of ether oxygens (including phenoxy) is 1. The van der Waals surface area contributed by atoms with E-state index < -0.39 is 17.2 Å². The number of nitrogens with zero attached hydrogens (tertiary/aromatic N) is 2. The summed E-state index contributed by atoms with van der Waals surface area (Å²) in [6.07, 6.45) is 1.92. The molecule has 0 bridgehead atoms. The second-order valence-electron chi connectivity index (χ2n) is 8.87. The van der Waals surface area contributed by atoms with Crippen LogP contribution >= 0.6 is 0 Å². The van der Waals surface area contributed by atoms with Gasteiger partial charge in [0, 0.05) is 37.1 Å². The van der Waals surface area contributed by atoms with E-state index in [1.165, 1.54) is 0 Å². The molecule has 1 aliphatic heterocycles. The van der Waals surface area contributed by atoms with Gasteiger partial charge in [0.1, 0.15) is 11.6 Å². The minimum atomic E-state index is -0.805. The van der Waals surface area contributed by atoms with Gasteiger partial charge < -0.3 is 9.64 Å². The molecular weight excluding hydrogens is 428 g/mol. The third kappa shape index (κ3) is 5.11. The first-order valence-corrected chi connectivity index (χ1v) is 11.2. The average Bonchev–Trinajstić information content (AvgIpc) is 2.81. The predicted molar refractivity (Wildman–Crippen MR) is 121 cm³/mol. The highest BCUT2D eigenvalue weighted by atomic mass is 19.1. The molecule has 1 N–H and O–H groups in total. The molecule has 33 heavy (non-hydrogen) atoms. The molecule has 6 nitrogen and oxygen atoms in total. The van der Waals surface area contributed by atoms with Crippen LogP contribution in [0.15, 0.2) is 41.2 Å². The number of nitrogens with one attached hydrogen (secondary N) is 1. The summed E-state index contributed by atoms with van der Waals surface area (Å²) >= 11 is 0. The maximum absolute atomic E-state index is 14.5. The van der Waals surface area contributed by atoms with Crippen molar-refractivity contribution < 1.29 is 18.3 Å². The van der Waals surface area contributed by atoms with Gasteiger partial charge in [-0.25, -0.2) is 13.9 Å². The quantitative estimate of drug-likeness (QED) is 0.608. The van der Waals surface area contributed by atoms with Gasteiger partial charge in [-0.2, -0.15) is 5.10 Å². The molecule has 2 aromatic carbocycles. The van der Waals surface area contributed by atoms with Crippen molar-refractivity contribution >= 4 is 16.7 Å². The molecule has 2 heterocycles. The number of rotatable bonds is 6. The van der Waals surface area contributed by atoms with Gasteiger partial charge in [-0.05, 0) is 48.6 Å². The van der Waals surface area contributed by atoms with Gasteiger partial charge in [-0.3, -0.25) is 9.59 Å². The molecule has 1 fully saturated rings. The molecule has 0 unspecified atom stereocenters. The van der Waals surface area contributed by atoms with Gasteiger partial charge in [0.15, 0.2) is 0 Å². The number of halogens is 2. The number of aromatic amines is 1. The summed E-state index contributed by atoms with van der Waals surface area (Å²) in [6, 6.07) is 8.93. The Morgan fingerprint density at radius 1 is 1.15 bits per heavy atom. The summed E-state index contributed by atoms with van der Waals surface area (Å²) in [7, 11) is 0. The zero-order chi connectivity index (χ0) is 23.5. The van der Waals surface area contributed by atoms with Crippen LogP contribution in [-0.2, 0) is 11.2 Å². The molecule has 0 atom stereocenters. The van der Waals surface area contributed by atoms with E-state index in [9.17, 15) is 18.4 Å². The molecule has 1 aliphatic rings. The molecule has 0 radical (unpaired) electrons. The molecule has 1 aromatic heterocycles. The smallest absolute Gasteiger partial charge is 0.275 e. The number of likely N-dealkylation sites (tertiary alicyclic amines) is 1. The fraction of sp³-hybridized carbons (Fsp3) is 0.400. The number of fused-ring (bicyclic) bond motifs is 1. The van der Waals surface area contributed by atoms with E-state index in [0.717, 1.165) is 31.6 Å². The summed E-state index contributed by atoms with van der Waals surface area (Å²) in [5.41, 5.74) is 0.653. The molecule has 4 rings (SSSR count). The normalized spacial score (nSPS) is 14.9. The van der Waals surface area contributed by atoms with E-state index in [1.807, 2.05) is 4.90 Å². The van der Waals surface area contributed by atoms with Gasteiger partial charge in [0.05, 0.1) is 17.2 Å². The molecule has 0 spiro atoms. The number of H-pyrrole nitrogens is 1.